The second-order valence-electron chi connectivity index (χ2n) is 6.24. The highest BCUT2D eigenvalue weighted by molar-refractivity contribution is 7.91. The van der Waals surface area contributed by atoms with E-state index >= 15 is 0 Å². The summed E-state index contributed by atoms with van der Waals surface area (Å²) in [6, 6.07) is 7.70. The summed E-state index contributed by atoms with van der Waals surface area (Å²) in [5.74, 6) is 0.165. The highest BCUT2D eigenvalue weighted by Gasteiger charge is 2.35. The zero-order valence-electron chi connectivity index (χ0n) is 13.7. The van der Waals surface area contributed by atoms with Crippen molar-refractivity contribution in [1.29, 1.82) is 0 Å². The van der Waals surface area contributed by atoms with Crippen LogP contribution >= 0.6 is 0 Å². The van der Waals surface area contributed by atoms with Gasteiger partial charge in [-0.1, -0.05) is 12.1 Å². The van der Waals surface area contributed by atoms with Crippen molar-refractivity contribution in [2.75, 3.05) is 18.1 Å². The predicted molar refractivity (Wildman–Crippen MR) is 91.4 cm³/mol. The van der Waals surface area contributed by atoms with Crippen molar-refractivity contribution < 1.29 is 13.2 Å². The molecule has 1 aromatic heterocycles. The maximum Gasteiger partial charge on any atom is 0.270 e. The number of benzene rings is 1. The van der Waals surface area contributed by atoms with Crippen molar-refractivity contribution in [2.45, 2.75) is 26.3 Å². The van der Waals surface area contributed by atoms with Crippen LogP contribution in [0.3, 0.4) is 0 Å². The van der Waals surface area contributed by atoms with Crippen LogP contribution in [0.25, 0.3) is 10.9 Å². The second kappa shape index (κ2) is 5.67. The Balaban J connectivity index is 1.99. The summed E-state index contributed by atoms with van der Waals surface area (Å²) in [4.78, 5) is 14.7. The van der Waals surface area contributed by atoms with Gasteiger partial charge < -0.3 is 9.47 Å². The number of sulfone groups is 1. The third kappa shape index (κ3) is 2.76. The number of aryl methyl sites for hydroxylation is 2. The van der Waals surface area contributed by atoms with Crippen LogP contribution in [-0.2, 0) is 16.9 Å². The van der Waals surface area contributed by atoms with E-state index in [1.165, 1.54) is 0 Å². The molecule has 0 saturated carbocycles. The molecule has 2 heterocycles. The lowest BCUT2D eigenvalue weighted by Gasteiger charge is -2.27. The number of nitrogens with zero attached hydrogens (tertiary/aromatic N) is 2. The van der Waals surface area contributed by atoms with Crippen LogP contribution in [0.1, 0.15) is 29.4 Å². The van der Waals surface area contributed by atoms with Gasteiger partial charge in [-0.15, -0.1) is 0 Å². The quantitative estimate of drug-likeness (QED) is 0.864. The lowest BCUT2D eigenvalue weighted by atomic mass is 10.1. The Morgan fingerprint density at radius 3 is 2.70 bits per heavy atom. The van der Waals surface area contributed by atoms with E-state index in [4.69, 9.17) is 0 Å². The van der Waals surface area contributed by atoms with E-state index in [0.717, 1.165) is 16.5 Å². The van der Waals surface area contributed by atoms with E-state index < -0.39 is 9.84 Å². The summed E-state index contributed by atoms with van der Waals surface area (Å²) in [5.41, 5.74) is 2.76. The summed E-state index contributed by atoms with van der Waals surface area (Å²) in [7, 11) is -1.13. The number of carbonyl (C=O) groups is 1. The minimum absolute atomic E-state index is 0.0789. The topological polar surface area (TPSA) is 59.4 Å². The number of hydrogen-bond acceptors (Lipinski definition) is 3. The van der Waals surface area contributed by atoms with E-state index in [1.807, 2.05) is 49.7 Å². The molecule has 1 amide bonds. The second-order valence-corrected chi connectivity index (χ2v) is 8.47. The van der Waals surface area contributed by atoms with Gasteiger partial charge in [0.1, 0.15) is 5.69 Å². The lowest BCUT2D eigenvalue weighted by molar-refractivity contribution is 0.0699. The summed E-state index contributed by atoms with van der Waals surface area (Å²) in [5, 5.41) is 1.06. The van der Waals surface area contributed by atoms with E-state index in [-0.39, 0.29) is 23.5 Å². The van der Waals surface area contributed by atoms with Crippen LogP contribution in [0.4, 0.5) is 0 Å². The summed E-state index contributed by atoms with van der Waals surface area (Å²) in [6.45, 7) is 4.44. The molecule has 1 aliphatic rings. The van der Waals surface area contributed by atoms with Gasteiger partial charge in [-0.3, -0.25) is 4.79 Å². The molecule has 1 fully saturated rings. The van der Waals surface area contributed by atoms with Gasteiger partial charge in [0.15, 0.2) is 9.84 Å². The molecule has 0 radical (unpaired) electrons. The Bertz CT molecular complexity index is 867. The van der Waals surface area contributed by atoms with Gasteiger partial charge in [0.2, 0.25) is 0 Å². The molecule has 124 valence electrons. The molecule has 1 unspecified atom stereocenters. The molecule has 0 spiro atoms. The number of carbonyl (C=O) groups excluding carboxylic acids is 1. The molecule has 1 aliphatic heterocycles. The molecule has 3 rings (SSSR count). The first-order valence-corrected chi connectivity index (χ1v) is 9.72. The first kappa shape index (κ1) is 16.1. The Morgan fingerprint density at radius 1 is 1.39 bits per heavy atom. The number of rotatable bonds is 3. The van der Waals surface area contributed by atoms with E-state index in [9.17, 15) is 13.2 Å². The number of hydrogen-bond donors (Lipinski definition) is 0. The van der Waals surface area contributed by atoms with Gasteiger partial charge in [0.25, 0.3) is 5.91 Å². The number of fused-ring (bicyclic) bond motifs is 1. The Hall–Kier alpha value is -1.82. The van der Waals surface area contributed by atoms with Crippen LogP contribution < -0.4 is 0 Å². The fraction of sp³-hybridized carbons (Fsp3) is 0.471. The number of aromatic nitrogens is 1. The lowest BCUT2D eigenvalue weighted by Crippen LogP contribution is -2.41. The van der Waals surface area contributed by atoms with Crippen molar-refractivity contribution in [3.8, 4) is 0 Å². The van der Waals surface area contributed by atoms with Gasteiger partial charge in [0, 0.05) is 30.5 Å². The standard InChI is InChI=1S/C17H22N2O3S/c1-4-19(13-8-9-23(21,22)11-13)17(20)16-10-14-12(2)6-5-7-15(14)18(16)3/h5-7,10,13H,4,8-9,11H2,1-3H3. The van der Waals surface area contributed by atoms with E-state index in [0.29, 0.717) is 18.7 Å². The Labute approximate surface area is 136 Å². The van der Waals surface area contributed by atoms with E-state index in [2.05, 4.69) is 0 Å². The van der Waals surface area contributed by atoms with Crippen molar-refractivity contribution in [2.24, 2.45) is 7.05 Å². The fourth-order valence-electron chi connectivity index (χ4n) is 3.45. The molecular weight excluding hydrogens is 312 g/mol. The van der Waals surface area contributed by atoms with Crippen LogP contribution in [0.5, 0.6) is 0 Å². The molecule has 23 heavy (non-hydrogen) atoms. The first-order valence-electron chi connectivity index (χ1n) is 7.90. The zero-order valence-corrected chi connectivity index (χ0v) is 14.6. The Morgan fingerprint density at radius 2 is 2.13 bits per heavy atom. The molecule has 0 bridgehead atoms. The molecule has 1 atom stereocenters. The third-order valence-corrected chi connectivity index (χ3v) is 6.53. The molecular formula is C17H22N2O3S. The summed E-state index contributed by atoms with van der Waals surface area (Å²) < 4.78 is 25.4. The molecule has 0 N–H and O–H groups in total. The maximum atomic E-state index is 13.0. The van der Waals surface area contributed by atoms with Gasteiger partial charge in [-0.05, 0) is 38.0 Å². The average molecular weight is 334 g/mol. The maximum absolute atomic E-state index is 13.0. The van der Waals surface area contributed by atoms with Gasteiger partial charge in [0.05, 0.1) is 11.5 Å². The van der Waals surface area contributed by atoms with E-state index in [1.54, 1.807) is 4.90 Å². The third-order valence-electron chi connectivity index (χ3n) is 4.77. The van der Waals surface area contributed by atoms with Crippen molar-refractivity contribution in [1.82, 2.24) is 9.47 Å². The highest BCUT2D eigenvalue weighted by atomic mass is 32.2. The predicted octanol–water partition coefficient (Wildman–Crippen LogP) is 2.14. The van der Waals surface area contributed by atoms with Gasteiger partial charge >= 0.3 is 0 Å². The highest BCUT2D eigenvalue weighted by Crippen LogP contribution is 2.25. The smallest absolute Gasteiger partial charge is 0.270 e. The van der Waals surface area contributed by atoms with Crippen molar-refractivity contribution in [3.63, 3.8) is 0 Å². The molecule has 1 saturated heterocycles. The SMILES string of the molecule is CCN(C(=O)c1cc2c(C)cccc2n1C)C1CCS(=O)(=O)C1. The molecule has 2 aromatic rings. The molecule has 6 heteroatoms. The molecule has 0 aliphatic carbocycles. The van der Waals surface area contributed by atoms with Crippen LogP contribution in [-0.4, -0.2) is 47.9 Å². The zero-order chi connectivity index (χ0) is 16.8. The minimum atomic E-state index is -3.01. The van der Waals surface area contributed by atoms with Gasteiger partial charge in [-0.25, -0.2) is 8.42 Å². The summed E-state index contributed by atoms with van der Waals surface area (Å²) >= 11 is 0. The van der Waals surface area contributed by atoms with Crippen molar-refractivity contribution >= 4 is 26.6 Å². The first-order chi connectivity index (χ1) is 10.8. The largest absolute Gasteiger partial charge is 0.340 e. The Kier molecular flexibility index (Phi) is 3.96. The van der Waals surface area contributed by atoms with Crippen molar-refractivity contribution in [3.05, 3.63) is 35.5 Å². The van der Waals surface area contributed by atoms with Gasteiger partial charge in [-0.2, -0.15) is 0 Å². The number of amides is 1. The van der Waals surface area contributed by atoms with Crippen LogP contribution in [0.2, 0.25) is 0 Å². The summed E-state index contributed by atoms with van der Waals surface area (Å²) in [6.07, 6.45) is 0.533. The minimum Gasteiger partial charge on any atom is -0.340 e. The fourth-order valence-corrected chi connectivity index (χ4v) is 5.18. The monoisotopic (exact) mass is 334 g/mol. The molecule has 5 nitrogen and oxygen atoms in total. The van der Waals surface area contributed by atoms with Crippen LogP contribution in [0, 0.1) is 6.92 Å². The average Bonchev–Trinajstić information content (AvgIpc) is 3.02. The molecule has 1 aromatic carbocycles. The van der Waals surface area contributed by atoms with Crippen LogP contribution in [0.15, 0.2) is 24.3 Å². The normalized spacial score (nSPS) is 20.0.